The van der Waals surface area contributed by atoms with Crippen molar-refractivity contribution in [3.05, 3.63) is 52.6 Å². The van der Waals surface area contributed by atoms with Gasteiger partial charge in [-0.3, -0.25) is 0 Å². The Labute approximate surface area is 173 Å². The summed E-state index contributed by atoms with van der Waals surface area (Å²) in [4.78, 5) is 12.1. The maximum Gasteiger partial charge on any atom is 0.337 e. The van der Waals surface area contributed by atoms with E-state index in [4.69, 9.17) is 9.47 Å². The maximum atomic E-state index is 13.5. The lowest BCUT2D eigenvalue weighted by molar-refractivity contribution is -0.154. The summed E-state index contributed by atoms with van der Waals surface area (Å²) in [5, 5.41) is 9.92. The zero-order valence-corrected chi connectivity index (χ0v) is 16.8. The van der Waals surface area contributed by atoms with E-state index in [1.807, 2.05) is 31.2 Å². The predicted molar refractivity (Wildman–Crippen MR) is 107 cm³/mol. The van der Waals surface area contributed by atoms with Crippen molar-refractivity contribution in [2.45, 2.75) is 63.1 Å². The van der Waals surface area contributed by atoms with E-state index in [1.165, 1.54) is 0 Å². The van der Waals surface area contributed by atoms with Crippen LogP contribution < -0.4 is 4.74 Å². The Morgan fingerprint density at radius 2 is 2.03 bits per heavy atom. The Hall–Kier alpha value is -2.47. The van der Waals surface area contributed by atoms with Gasteiger partial charge in [-0.15, -0.1) is 0 Å². The first-order valence-corrected chi connectivity index (χ1v) is 10.5. The lowest BCUT2D eigenvalue weighted by Crippen LogP contribution is -2.21. The fourth-order valence-electron chi connectivity index (χ4n) is 4.40. The number of carboxylic acid groups (broad SMARTS) is 1. The van der Waals surface area contributed by atoms with Crippen LogP contribution in [-0.2, 0) is 16.0 Å². The molecular formula is C24H24F2O4. The van der Waals surface area contributed by atoms with Gasteiger partial charge in [0.1, 0.15) is 11.9 Å². The van der Waals surface area contributed by atoms with Gasteiger partial charge in [0.15, 0.2) is 6.10 Å². The number of carboxylic acids is 1. The van der Waals surface area contributed by atoms with Crippen LogP contribution in [-0.4, -0.2) is 29.7 Å². The fraction of sp³-hybridized carbons (Fsp3) is 0.458. The molecule has 2 fully saturated rings. The minimum absolute atomic E-state index is 0.364. The van der Waals surface area contributed by atoms with E-state index in [-0.39, 0.29) is 0 Å². The molecule has 2 atom stereocenters. The summed E-state index contributed by atoms with van der Waals surface area (Å²) >= 11 is 0. The lowest BCUT2D eigenvalue weighted by atomic mass is 9.85. The minimum Gasteiger partial charge on any atom is -0.493 e. The number of hydrogen-bond acceptors (Lipinski definition) is 3. The molecule has 6 heteroatoms. The Morgan fingerprint density at radius 1 is 1.27 bits per heavy atom. The molecule has 2 unspecified atom stereocenters. The van der Waals surface area contributed by atoms with Gasteiger partial charge in [0.2, 0.25) is 0 Å². The molecule has 0 spiro atoms. The maximum absolute atomic E-state index is 13.5. The number of benzene rings is 2. The Bertz CT molecular complexity index is 1010. The molecule has 2 saturated carbocycles. The van der Waals surface area contributed by atoms with Gasteiger partial charge in [0.05, 0.1) is 6.61 Å². The van der Waals surface area contributed by atoms with Gasteiger partial charge >= 0.3 is 5.97 Å². The minimum atomic E-state index is -2.95. The van der Waals surface area contributed by atoms with E-state index < -0.39 is 30.5 Å². The van der Waals surface area contributed by atoms with E-state index in [1.54, 1.807) is 0 Å². The van der Waals surface area contributed by atoms with Crippen LogP contribution >= 0.6 is 0 Å². The second kappa shape index (κ2) is 7.05. The van der Waals surface area contributed by atoms with Gasteiger partial charge in [-0.1, -0.05) is 18.2 Å². The Morgan fingerprint density at radius 3 is 2.70 bits per heavy atom. The van der Waals surface area contributed by atoms with Crippen LogP contribution in [0.4, 0.5) is 8.78 Å². The van der Waals surface area contributed by atoms with Crippen molar-refractivity contribution in [3.63, 3.8) is 0 Å². The summed E-state index contributed by atoms with van der Waals surface area (Å²) in [5.74, 6) is -2.96. The first-order valence-electron chi connectivity index (χ1n) is 10.5. The standard InChI is InChI=1S/C24H24F2O4/c1-13-4-8-17(14-5-6-14)21(16-7-9-18-15(11-16)3-2-10-29-18)20(13)22(23(27)28)30-19-12-24(19,25)26/h4,7-9,11,14,19,22H,2-3,5-6,10,12H2,1H3,(H,27,28). The van der Waals surface area contributed by atoms with Gasteiger partial charge in [0.25, 0.3) is 5.92 Å². The number of alkyl halides is 2. The number of hydrogen-bond donors (Lipinski definition) is 1. The van der Waals surface area contributed by atoms with Crippen LogP contribution in [0.15, 0.2) is 30.3 Å². The monoisotopic (exact) mass is 414 g/mol. The third-order valence-corrected chi connectivity index (χ3v) is 6.27. The molecule has 1 aliphatic heterocycles. The highest BCUT2D eigenvalue weighted by Gasteiger charge is 2.60. The van der Waals surface area contributed by atoms with E-state index in [9.17, 15) is 18.7 Å². The van der Waals surface area contributed by atoms with Crippen molar-refractivity contribution in [2.75, 3.05) is 6.61 Å². The van der Waals surface area contributed by atoms with Crippen molar-refractivity contribution < 1.29 is 28.2 Å². The van der Waals surface area contributed by atoms with Crippen LogP contribution in [0.5, 0.6) is 5.75 Å². The Kier molecular flexibility index (Phi) is 4.58. The number of ether oxygens (including phenoxy) is 2. The van der Waals surface area contributed by atoms with Crippen molar-refractivity contribution in [1.82, 2.24) is 0 Å². The average molecular weight is 414 g/mol. The molecule has 0 saturated heterocycles. The molecule has 3 aliphatic rings. The third-order valence-electron chi connectivity index (χ3n) is 6.27. The van der Waals surface area contributed by atoms with Crippen molar-refractivity contribution in [3.8, 4) is 16.9 Å². The second-order valence-corrected chi connectivity index (χ2v) is 8.62. The highest BCUT2D eigenvalue weighted by Crippen LogP contribution is 2.51. The SMILES string of the molecule is Cc1ccc(C2CC2)c(-c2ccc3c(c2)CCCO3)c1C(OC1CC1(F)F)C(=O)O. The first kappa shape index (κ1) is 19.5. The summed E-state index contributed by atoms with van der Waals surface area (Å²) in [5.41, 5.74) is 5.12. The van der Waals surface area contributed by atoms with Crippen LogP contribution in [0, 0.1) is 6.92 Å². The summed E-state index contributed by atoms with van der Waals surface area (Å²) in [6, 6.07) is 9.87. The topological polar surface area (TPSA) is 55.8 Å². The van der Waals surface area contributed by atoms with Crippen molar-refractivity contribution in [1.29, 1.82) is 0 Å². The molecule has 30 heavy (non-hydrogen) atoms. The molecule has 0 bridgehead atoms. The first-order chi connectivity index (χ1) is 14.3. The highest BCUT2D eigenvalue weighted by molar-refractivity contribution is 5.83. The molecule has 2 aromatic carbocycles. The van der Waals surface area contributed by atoms with E-state index >= 15 is 0 Å². The predicted octanol–water partition coefficient (Wildman–Crippen LogP) is 5.41. The van der Waals surface area contributed by atoms with Gasteiger partial charge < -0.3 is 14.6 Å². The molecule has 158 valence electrons. The second-order valence-electron chi connectivity index (χ2n) is 8.62. The summed E-state index contributed by atoms with van der Waals surface area (Å²) < 4.78 is 38.3. The molecule has 5 rings (SSSR count). The highest BCUT2D eigenvalue weighted by atomic mass is 19.3. The zero-order chi connectivity index (χ0) is 21.0. The molecule has 0 aromatic heterocycles. The summed E-state index contributed by atoms with van der Waals surface area (Å²) in [6.07, 6.45) is 0.729. The van der Waals surface area contributed by atoms with Crippen molar-refractivity contribution >= 4 is 5.97 Å². The van der Waals surface area contributed by atoms with Gasteiger partial charge in [0, 0.05) is 12.0 Å². The Balaban J connectivity index is 1.65. The quantitative estimate of drug-likeness (QED) is 0.686. The van der Waals surface area contributed by atoms with Crippen LogP contribution in [0.25, 0.3) is 11.1 Å². The van der Waals surface area contributed by atoms with E-state index in [2.05, 4.69) is 6.07 Å². The molecule has 4 nitrogen and oxygen atoms in total. The van der Waals surface area contributed by atoms with E-state index in [0.29, 0.717) is 18.1 Å². The molecule has 2 aliphatic carbocycles. The number of aryl methyl sites for hydroxylation is 2. The molecule has 2 aromatic rings. The number of rotatable bonds is 6. The average Bonchev–Trinajstić information content (AvgIpc) is 3.63. The zero-order valence-electron chi connectivity index (χ0n) is 16.8. The third kappa shape index (κ3) is 3.47. The molecular weight excluding hydrogens is 390 g/mol. The van der Waals surface area contributed by atoms with Gasteiger partial charge in [-0.2, -0.15) is 0 Å². The van der Waals surface area contributed by atoms with Crippen LogP contribution in [0.3, 0.4) is 0 Å². The van der Waals surface area contributed by atoms with E-state index in [0.717, 1.165) is 59.3 Å². The van der Waals surface area contributed by atoms with Gasteiger partial charge in [-0.05, 0) is 78.5 Å². The smallest absolute Gasteiger partial charge is 0.337 e. The molecule has 0 amide bonds. The number of carbonyl (C=O) groups is 1. The molecule has 1 N–H and O–H groups in total. The lowest BCUT2D eigenvalue weighted by Gasteiger charge is -2.24. The molecule has 0 radical (unpaired) electrons. The molecule has 1 heterocycles. The largest absolute Gasteiger partial charge is 0.493 e. The van der Waals surface area contributed by atoms with Gasteiger partial charge in [-0.25, -0.2) is 13.6 Å². The summed E-state index contributed by atoms with van der Waals surface area (Å²) in [6.45, 7) is 2.52. The van der Waals surface area contributed by atoms with Crippen molar-refractivity contribution in [2.24, 2.45) is 0 Å². The van der Waals surface area contributed by atoms with Crippen LogP contribution in [0.1, 0.15) is 60.0 Å². The normalized spacial score (nSPS) is 22.7. The fourth-order valence-corrected chi connectivity index (χ4v) is 4.40. The number of aliphatic carboxylic acids is 1. The number of fused-ring (bicyclic) bond motifs is 1. The number of halogens is 2. The van der Waals surface area contributed by atoms with Crippen LogP contribution in [0.2, 0.25) is 0 Å². The summed E-state index contributed by atoms with van der Waals surface area (Å²) in [7, 11) is 0.